The van der Waals surface area contributed by atoms with Crippen LogP contribution >= 0.6 is 0 Å². The fourth-order valence-corrected chi connectivity index (χ4v) is 4.57. The maximum Gasteiger partial charge on any atom is 0.251 e. The smallest absolute Gasteiger partial charge is 0.251 e. The SMILES string of the molecule is O=C(N[C@H]1C[C@H]2CC[C@H]1C2)c1ccc(C[NH+]2CCOCC2)cc1. The van der Waals surface area contributed by atoms with Crippen molar-refractivity contribution in [3.8, 4) is 0 Å². The summed E-state index contributed by atoms with van der Waals surface area (Å²) in [5.74, 6) is 1.70. The first kappa shape index (κ1) is 15.2. The molecular weight excluding hydrogens is 288 g/mol. The normalized spacial score (nSPS) is 30.5. The molecule has 1 aromatic carbocycles. The zero-order valence-corrected chi connectivity index (χ0v) is 13.7. The first-order valence-corrected chi connectivity index (χ1v) is 9.09. The largest absolute Gasteiger partial charge is 0.370 e. The molecule has 3 aliphatic rings. The van der Waals surface area contributed by atoms with Crippen molar-refractivity contribution in [1.29, 1.82) is 0 Å². The van der Waals surface area contributed by atoms with Gasteiger partial charge in [-0.05, 0) is 43.2 Å². The van der Waals surface area contributed by atoms with Crippen LogP contribution in [0.3, 0.4) is 0 Å². The molecule has 2 bridgehead atoms. The third-order valence-corrected chi connectivity index (χ3v) is 5.92. The lowest BCUT2D eigenvalue weighted by atomic mass is 9.95. The number of carbonyl (C=O) groups is 1. The number of morpholine rings is 1. The maximum atomic E-state index is 12.4. The van der Waals surface area contributed by atoms with E-state index < -0.39 is 0 Å². The van der Waals surface area contributed by atoms with Crippen LogP contribution in [-0.2, 0) is 11.3 Å². The summed E-state index contributed by atoms with van der Waals surface area (Å²) in [6.07, 6.45) is 5.19. The number of hydrogen-bond donors (Lipinski definition) is 2. The van der Waals surface area contributed by atoms with E-state index in [0.717, 1.165) is 50.2 Å². The summed E-state index contributed by atoms with van der Waals surface area (Å²) in [6.45, 7) is 4.90. The lowest BCUT2D eigenvalue weighted by molar-refractivity contribution is -0.921. The van der Waals surface area contributed by atoms with Crippen molar-refractivity contribution in [1.82, 2.24) is 5.32 Å². The Kier molecular flexibility index (Phi) is 4.36. The Bertz CT molecular complexity index is 551. The van der Waals surface area contributed by atoms with E-state index in [2.05, 4.69) is 17.4 Å². The Morgan fingerprint density at radius 3 is 2.57 bits per heavy atom. The number of amides is 1. The zero-order valence-electron chi connectivity index (χ0n) is 13.7. The van der Waals surface area contributed by atoms with E-state index in [1.165, 1.54) is 31.2 Å². The number of quaternary nitrogens is 1. The van der Waals surface area contributed by atoms with E-state index >= 15 is 0 Å². The van der Waals surface area contributed by atoms with Crippen molar-refractivity contribution < 1.29 is 14.4 Å². The summed E-state index contributed by atoms with van der Waals surface area (Å²) in [6, 6.07) is 8.60. The summed E-state index contributed by atoms with van der Waals surface area (Å²) in [7, 11) is 0. The predicted octanol–water partition coefficient (Wildman–Crippen LogP) is 1.02. The molecule has 124 valence electrons. The average Bonchev–Trinajstić information content (AvgIpc) is 3.19. The quantitative estimate of drug-likeness (QED) is 0.871. The Morgan fingerprint density at radius 2 is 1.91 bits per heavy atom. The first-order chi connectivity index (χ1) is 11.3. The van der Waals surface area contributed by atoms with E-state index in [4.69, 9.17) is 4.74 Å². The van der Waals surface area contributed by atoms with Gasteiger partial charge in [-0.1, -0.05) is 18.6 Å². The van der Waals surface area contributed by atoms with Gasteiger partial charge in [0.25, 0.3) is 5.91 Å². The zero-order chi connectivity index (χ0) is 15.6. The van der Waals surface area contributed by atoms with Gasteiger partial charge in [0.05, 0.1) is 13.2 Å². The molecule has 3 fully saturated rings. The van der Waals surface area contributed by atoms with Crippen molar-refractivity contribution in [2.45, 2.75) is 38.3 Å². The molecule has 0 spiro atoms. The van der Waals surface area contributed by atoms with E-state index in [0.29, 0.717) is 6.04 Å². The van der Waals surface area contributed by atoms with Crippen LogP contribution in [0.25, 0.3) is 0 Å². The maximum absolute atomic E-state index is 12.4. The molecule has 3 atom stereocenters. The van der Waals surface area contributed by atoms with Gasteiger partial charge in [-0.15, -0.1) is 0 Å². The highest BCUT2D eigenvalue weighted by atomic mass is 16.5. The summed E-state index contributed by atoms with van der Waals surface area (Å²) in [5.41, 5.74) is 2.10. The van der Waals surface area contributed by atoms with Crippen molar-refractivity contribution in [3.63, 3.8) is 0 Å². The molecule has 4 heteroatoms. The van der Waals surface area contributed by atoms with Crippen molar-refractivity contribution in [3.05, 3.63) is 35.4 Å². The molecule has 1 heterocycles. The third kappa shape index (κ3) is 3.43. The van der Waals surface area contributed by atoms with E-state index in [9.17, 15) is 4.79 Å². The minimum absolute atomic E-state index is 0.104. The highest BCUT2D eigenvalue weighted by Gasteiger charge is 2.40. The van der Waals surface area contributed by atoms with Gasteiger partial charge in [0.2, 0.25) is 0 Å². The highest BCUT2D eigenvalue weighted by Crippen LogP contribution is 2.44. The Balaban J connectivity index is 1.33. The second-order valence-corrected chi connectivity index (χ2v) is 7.49. The van der Waals surface area contributed by atoms with Crippen LogP contribution in [0.4, 0.5) is 0 Å². The van der Waals surface area contributed by atoms with Crippen LogP contribution in [0.5, 0.6) is 0 Å². The summed E-state index contributed by atoms with van der Waals surface area (Å²) in [4.78, 5) is 14.0. The second-order valence-electron chi connectivity index (χ2n) is 7.49. The molecule has 1 aromatic rings. The standard InChI is InChI=1S/C19H26N2O2/c22-19(20-18-12-15-3-6-17(18)11-15)16-4-1-14(2-5-16)13-21-7-9-23-10-8-21/h1-2,4-5,15,17-18H,3,6-13H2,(H,20,22)/p+1/t15-,17-,18-/m0/s1. The lowest BCUT2D eigenvalue weighted by Gasteiger charge is -2.24. The number of fused-ring (bicyclic) bond motifs is 2. The number of rotatable bonds is 4. The predicted molar refractivity (Wildman–Crippen MR) is 88.4 cm³/mol. The highest BCUT2D eigenvalue weighted by molar-refractivity contribution is 5.94. The van der Waals surface area contributed by atoms with Crippen LogP contribution < -0.4 is 10.2 Å². The third-order valence-electron chi connectivity index (χ3n) is 5.92. The van der Waals surface area contributed by atoms with Crippen LogP contribution in [-0.4, -0.2) is 38.3 Å². The lowest BCUT2D eigenvalue weighted by Crippen LogP contribution is -3.12. The molecule has 4 nitrogen and oxygen atoms in total. The molecule has 1 saturated heterocycles. The number of carbonyl (C=O) groups excluding carboxylic acids is 1. The molecule has 4 rings (SSSR count). The van der Waals surface area contributed by atoms with Crippen molar-refractivity contribution >= 4 is 5.91 Å². The summed E-state index contributed by atoms with van der Waals surface area (Å²) >= 11 is 0. The molecule has 0 unspecified atom stereocenters. The molecule has 1 aliphatic heterocycles. The number of benzene rings is 1. The number of hydrogen-bond acceptors (Lipinski definition) is 2. The van der Waals surface area contributed by atoms with E-state index in [1.807, 2.05) is 12.1 Å². The molecule has 0 aromatic heterocycles. The monoisotopic (exact) mass is 315 g/mol. The molecule has 1 amide bonds. The molecular formula is C19H27N2O2+. The average molecular weight is 315 g/mol. The van der Waals surface area contributed by atoms with E-state index in [-0.39, 0.29) is 5.91 Å². The Morgan fingerprint density at radius 1 is 1.13 bits per heavy atom. The second kappa shape index (κ2) is 6.62. The van der Waals surface area contributed by atoms with Gasteiger partial charge in [0.1, 0.15) is 19.6 Å². The van der Waals surface area contributed by atoms with Gasteiger partial charge >= 0.3 is 0 Å². The Labute approximate surface area is 138 Å². The number of nitrogens with one attached hydrogen (secondary N) is 2. The fourth-order valence-electron chi connectivity index (χ4n) is 4.57. The minimum Gasteiger partial charge on any atom is -0.370 e. The Hall–Kier alpha value is -1.39. The van der Waals surface area contributed by atoms with Gasteiger partial charge in [0, 0.05) is 17.2 Å². The van der Waals surface area contributed by atoms with Crippen LogP contribution in [0, 0.1) is 11.8 Å². The van der Waals surface area contributed by atoms with Crippen LogP contribution in [0.15, 0.2) is 24.3 Å². The van der Waals surface area contributed by atoms with Crippen molar-refractivity contribution in [2.24, 2.45) is 11.8 Å². The van der Waals surface area contributed by atoms with Crippen LogP contribution in [0.1, 0.15) is 41.6 Å². The topological polar surface area (TPSA) is 42.8 Å². The summed E-state index contributed by atoms with van der Waals surface area (Å²) < 4.78 is 5.40. The molecule has 23 heavy (non-hydrogen) atoms. The number of ether oxygens (including phenoxy) is 1. The van der Waals surface area contributed by atoms with Gasteiger partial charge in [-0.2, -0.15) is 0 Å². The van der Waals surface area contributed by atoms with Crippen molar-refractivity contribution in [2.75, 3.05) is 26.3 Å². The van der Waals surface area contributed by atoms with Gasteiger partial charge in [-0.3, -0.25) is 4.79 Å². The molecule has 2 N–H and O–H groups in total. The van der Waals surface area contributed by atoms with Gasteiger partial charge in [-0.25, -0.2) is 0 Å². The molecule has 0 radical (unpaired) electrons. The minimum atomic E-state index is 0.104. The first-order valence-electron chi connectivity index (χ1n) is 9.09. The van der Waals surface area contributed by atoms with Gasteiger partial charge < -0.3 is 15.0 Å². The van der Waals surface area contributed by atoms with E-state index in [1.54, 1.807) is 4.90 Å². The molecule has 2 aliphatic carbocycles. The van der Waals surface area contributed by atoms with Crippen LogP contribution in [0.2, 0.25) is 0 Å². The summed E-state index contributed by atoms with van der Waals surface area (Å²) in [5, 5.41) is 3.27. The molecule has 2 saturated carbocycles. The van der Waals surface area contributed by atoms with Gasteiger partial charge in [0.15, 0.2) is 0 Å². The fraction of sp³-hybridized carbons (Fsp3) is 0.632.